The quantitative estimate of drug-likeness (QED) is 0.371. The largest absolute Gasteiger partial charge is 0.366 e. The average molecular weight is 481 g/mol. The van der Waals surface area contributed by atoms with Gasteiger partial charge in [0.2, 0.25) is 5.95 Å². The molecule has 1 amide bonds. The summed E-state index contributed by atoms with van der Waals surface area (Å²) in [4.78, 5) is 33.0. The number of primary amides is 1. The van der Waals surface area contributed by atoms with Gasteiger partial charge in [-0.05, 0) is 61.7 Å². The maximum atomic E-state index is 11.7. The number of aromatic amines is 1. The molecule has 0 radical (unpaired) electrons. The maximum Gasteiger partial charge on any atom is 0.250 e. The Labute approximate surface area is 209 Å². The maximum absolute atomic E-state index is 11.7. The van der Waals surface area contributed by atoms with E-state index in [2.05, 4.69) is 42.0 Å². The summed E-state index contributed by atoms with van der Waals surface area (Å²) in [6.07, 6.45) is 10.3. The van der Waals surface area contributed by atoms with Gasteiger partial charge in [-0.1, -0.05) is 0 Å². The molecular formula is C27H28N8O. The number of carbonyl (C=O) groups excluding carboxylic acids is 1. The average Bonchev–Trinajstić information content (AvgIpc) is 3.33. The molecule has 1 aliphatic heterocycles. The van der Waals surface area contributed by atoms with Crippen molar-refractivity contribution in [1.82, 2.24) is 24.8 Å². The number of hydrogen-bond acceptors (Lipinski definition) is 7. The Bertz CT molecular complexity index is 1400. The number of pyridine rings is 1. The van der Waals surface area contributed by atoms with Crippen molar-refractivity contribution in [3.05, 3.63) is 71.8 Å². The smallest absolute Gasteiger partial charge is 0.250 e. The minimum absolute atomic E-state index is 0.360. The standard InChI is InChI=1S/C27H28N8O/c28-15-19-6-7-24-23(14-19)20(16-31-24)4-1-2-9-34-10-12-35(13-11-34)27-32-17-21(18-33-27)25-22(26(29)36)5-3-8-30-25/h3,5-8,14,16-18,31H,1-2,4,9-13H2,(H2,29,36). The summed E-state index contributed by atoms with van der Waals surface area (Å²) in [5.41, 5.74) is 10.1. The lowest BCUT2D eigenvalue weighted by atomic mass is 10.1. The molecule has 1 fully saturated rings. The molecule has 0 saturated carbocycles. The number of benzene rings is 1. The zero-order chi connectivity index (χ0) is 24.9. The first-order valence-corrected chi connectivity index (χ1v) is 12.2. The molecule has 182 valence electrons. The molecule has 0 aliphatic carbocycles. The van der Waals surface area contributed by atoms with Gasteiger partial charge in [0, 0.05) is 67.4 Å². The Morgan fingerprint density at radius 2 is 1.89 bits per heavy atom. The molecule has 5 rings (SSSR count). The van der Waals surface area contributed by atoms with Crippen molar-refractivity contribution < 1.29 is 4.79 Å². The van der Waals surface area contributed by atoms with Crippen LogP contribution in [0.25, 0.3) is 22.2 Å². The Hall–Kier alpha value is -4.29. The molecule has 1 aromatic carbocycles. The summed E-state index contributed by atoms with van der Waals surface area (Å²) in [6.45, 7) is 4.74. The number of anilines is 1. The molecule has 4 heterocycles. The third-order valence-electron chi connectivity index (χ3n) is 6.71. The Balaban J connectivity index is 1.10. The van der Waals surface area contributed by atoms with E-state index in [1.807, 2.05) is 18.2 Å². The lowest BCUT2D eigenvalue weighted by molar-refractivity contribution is 0.100. The summed E-state index contributed by atoms with van der Waals surface area (Å²) < 4.78 is 0. The van der Waals surface area contributed by atoms with E-state index in [0.29, 0.717) is 28.3 Å². The molecule has 1 aliphatic rings. The summed E-state index contributed by atoms with van der Waals surface area (Å²) in [5.74, 6) is 0.166. The van der Waals surface area contributed by atoms with E-state index in [-0.39, 0.29) is 0 Å². The van der Waals surface area contributed by atoms with Crippen molar-refractivity contribution in [3.8, 4) is 17.3 Å². The van der Waals surface area contributed by atoms with E-state index in [1.54, 1.807) is 30.7 Å². The van der Waals surface area contributed by atoms with Gasteiger partial charge < -0.3 is 15.6 Å². The number of nitrogens with two attached hydrogens (primary N) is 1. The topological polar surface area (TPSA) is 128 Å². The van der Waals surface area contributed by atoms with Gasteiger partial charge in [0.1, 0.15) is 0 Å². The van der Waals surface area contributed by atoms with Crippen LogP contribution in [0.4, 0.5) is 5.95 Å². The number of rotatable bonds is 8. The number of fused-ring (bicyclic) bond motifs is 1. The molecule has 0 atom stereocenters. The second-order valence-electron chi connectivity index (χ2n) is 9.01. The number of aryl methyl sites for hydroxylation is 1. The first-order valence-electron chi connectivity index (χ1n) is 12.2. The minimum Gasteiger partial charge on any atom is -0.366 e. The van der Waals surface area contributed by atoms with Crippen LogP contribution in [-0.2, 0) is 6.42 Å². The van der Waals surface area contributed by atoms with Crippen LogP contribution in [0.5, 0.6) is 0 Å². The predicted octanol–water partition coefficient (Wildman–Crippen LogP) is 3.14. The molecule has 3 aromatic heterocycles. The van der Waals surface area contributed by atoms with Crippen molar-refractivity contribution in [2.75, 3.05) is 37.6 Å². The highest BCUT2D eigenvalue weighted by atomic mass is 16.1. The van der Waals surface area contributed by atoms with Gasteiger partial charge in [-0.25, -0.2) is 9.97 Å². The molecule has 0 unspecified atom stereocenters. The first kappa shape index (κ1) is 23.5. The number of nitriles is 1. The Morgan fingerprint density at radius 3 is 2.64 bits per heavy atom. The molecule has 0 bridgehead atoms. The summed E-state index contributed by atoms with van der Waals surface area (Å²) >= 11 is 0. The predicted molar refractivity (Wildman–Crippen MR) is 138 cm³/mol. The number of aromatic nitrogens is 4. The van der Waals surface area contributed by atoms with Gasteiger partial charge in [0.05, 0.1) is 22.9 Å². The van der Waals surface area contributed by atoms with Crippen LogP contribution in [0.15, 0.2) is 55.1 Å². The van der Waals surface area contributed by atoms with Crippen LogP contribution in [0.1, 0.15) is 34.3 Å². The molecule has 9 nitrogen and oxygen atoms in total. The zero-order valence-corrected chi connectivity index (χ0v) is 20.0. The van der Waals surface area contributed by atoms with E-state index in [9.17, 15) is 4.79 Å². The van der Waals surface area contributed by atoms with Gasteiger partial charge in [-0.15, -0.1) is 0 Å². The highest BCUT2D eigenvalue weighted by Crippen LogP contribution is 2.23. The van der Waals surface area contributed by atoms with Crippen molar-refractivity contribution >= 4 is 22.8 Å². The van der Waals surface area contributed by atoms with Crippen molar-refractivity contribution in [2.24, 2.45) is 5.73 Å². The van der Waals surface area contributed by atoms with E-state index in [1.165, 1.54) is 5.56 Å². The second-order valence-corrected chi connectivity index (χ2v) is 9.01. The normalized spacial score (nSPS) is 14.1. The third-order valence-corrected chi connectivity index (χ3v) is 6.71. The molecule has 9 heteroatoms. The third kappa shape index (κ3) is 5.04. The Kier molecular flexibility index (Phi) is 6.87. The molecule has 4 aromatic rings. The fourth-order valence-electron chi connectivity index (χ4n) is 4.72. The minimum atomic E-state index is -0.520. The molecule has 36 heavy (non-hydrogen) atoms. The monoisotopic (exact) mass is 480 g/mol. The van der Waals surface area contributed by atoms with Gasteiger partial charge in [0.25, 0.3) is 5.91 Å². The first-order chi connectivity index (χ1) is 17.6. The van der Waals surface area contributed by atoms with Crippen LogP contribution < -0.4 is 10.6 Å². The summed E-state index contributed by atoms with van der Waals surface area (Å²) in [7, 11) is 0. The van der Waals surface area contributed by atoms with Crippen molar-refractivity contribution in [1.29, 1.82) is 5.26 Å². The zero-order valence-electron chi connectivity index (χ0n) is 20.0. The van der Waals surface area contributed by atoms with Crippen LogP contribution in [-0.4, -0.2) is 63.5 Å². The molecule has 3 N–H and O–H groups in total. The van der Waals surface area contributed by atoms with Crippen LogP contribution in [0, 0.1) is 11.3 Å². The summed E-state index contributed by atoms with van der Waals surface area (Å²) in [6, 6.07) is 11.4. The van der Waals surface area contributed by atoms with Gasteiger partial charge in [-0.2, -0.15) is 5.26 Å². The highest BCUT2D eigenvalue weighted by molar-refractivity contribution is 5.98. The fraction of sp³-hybridized carbons (Fsp3) is 0.296. The van der Waals surface area contributed by atoms with Crippen LogP contribution in [0.2, 0.25) is 0 Å². The Morgan fingerprint density at radius 1 is 1.08 bits per heavy atom. The molecular weight excluding hydrogens is 452 g/mol. The van der Waals surface area contributed by atoms with Crippen LogP contribution in [0.3, 0.4) is 0 Å². The number of amides is 1. The molecule has 1 saturated heterocycles. The number of H-pyrrole nitrogens is 1. The number of unbranched alkanes of at least 4 members (excludes halogenated alkanes) is 1. The fourth-order valence-corrected chi connectivity index (χ4v) is 4.72. The van der Waals surface area contributed by atoms with Gasteiger partial charge in [0.15, 0.2) is 0 Å². The van der Waals surface area contributed by atoms with E-state index >= 15 is 0 Å². The summed E-state index contributed by atoms with van der Waals surface area (Å²) in [5, 5.41) is 10.3. The van der Waals surface area contributed by atoms with Crippen molar-refractivity contribution in [3.63, 3.8) is 0 Å². The van der Waals surface area contributed by atoms with E-state index < -0.39 is 5.91 Å². The second kappa shape index (κ2) is 10.5. The van der Waals surface area contributed by atoms with Gasteiger partial charge in [-0.3, -0.25) is 14.7 Å². The number of nitrogens with zero attached hydrogens (tertiary/aromatic N) is 6. The van der Waals surface area contributed by atoms with E-state index in [4.69, 9.17) is 11.0 Å². The SMILES string of the molecule is N#Cc1ccc2[nH]cc(CCCCN3CCN(c4ncc(-c5ncccc5C(N)=O)cn4)CC3)c2c1. The van der Waals surface area contributed by atoms with Crippen LogP contribution >= 0.6 is 0 Å². The van der Waals surface area contributed by atoms with E-state index in [0.717, 1.165) is 62.9 Å². The van der Waals surface area contributed by atoms with Crippen molar-refractivity contribution in [2.45, 2.75) is 19.3 Å². The number of piperazine rings is 1. The number of hydrogen-bond donors (Lipinski definition) is 2. The number of nitrogens with one attached hydrogen (secondary N) is 1. The lowest BCUT2D eigenvalue weighted by Crippen LogP contribution is -2.47. The number of carbonyl (C=O) groups is 1. The van der Waals surface area contributed by atoms with Gasteiger partial charge >= 0.3 is 0 Å². The highest BCUT2D eigenvalue weighted by Gasteiger charge is 2.19. The lowest BCUT2D eigenvalue weighted by Gasteiger charge is -2.34. The molecule has 0 spiro atoms.